The van der Waals surface area contributed by atoms with Gasteiger partial charge >= 0.3 is 0 Å². The van der Waals surface area contributed by atoms with E-state index < -0.39 is 11.6 Å². The minimum absolute atomic E-state index is 0.130. The summed E-state index contributed by atoms with van der Waals surface area (Å²) in [5, 5.41) is 3.14. The molecule has 1 aliphatic heterocycles. The molecule has 0 amide bonds. The minimum atomic E-state index is -0.844. The molecule has 2 heterocycles. The summed E-state index contributed by atoms with van der Waals surface area (Å²) in [4.78, 5) is 10.9. The van der Waals surface area contributed by atoms with E-state index in [1.54, 1.807) is 0 Å². The summed E-state index contributed by atoms with van der Waals surface area (Å²) in [6.45, 7) is 2.91. The number of anilines is 2. The molecule has 1 N–H and O–H groups in total. The molecule has 0 atom stereocenters. The number of aromatic nitrogens is 2. The Balaban J connectivity index is 1.35. The van der Waals surface area contributed by atoms with Crippen molar-refractivity contribution in [2.45, 2.75) is 32.4 Å². The van der Waals surface area contributed by atoms with Gasteiger partial charge in [-0.2, -0.15) is 0 Å². The molecule has 3 aromatic rings. The van der Waals surface area contributed by atoms with Crippen LogP contribution in [0.2, 0.25) is 0 Å². The van der Waals surface area contributed by atoms with E-state index in [9.17, 15) is 8.78 Å². The Kier molecular flexibility index (Phi) is 7.74. The van der Waals surface area contributed by atoms with Gasteiger partial charge in [0.2, 0.25) is 5.95 Å². The van der Waals surface area contributed by atoms with Crippen LogP contribution in [0.5, 0.6) is 17.2 Å². The van der Waals surface area contributed by atoms with Crippen LogP contribution in [-0.2, 0) is 13.2 Å². The van der Waals surface area contributed by atoms with Gasteiger partial charge in [0.25, 0.3) is 0 Å². The summed E-state index contributed by atoms with van der Waals surface area (Å²) in [6.07, 6.45) is 6.75. The third kappa shape index (κ3) is 5.72. The SMILES string of the molecule is COc1cc(OC)c(F)c(COc2cnc(Nc3ccc(CN4CCCCC4)cc3)nc2)c1F. The maximum Gasteiger partial charge on any atom is 0.227 e. The summed E-state index contributed by atoms with van der Waals surface area (Å²) in [6, 6.07) is 9.33. The number of rotatable bonds is 9. The van der Waals surface area contributed by atoms with Crippen LogP contribution in [0.1, 0.15) is 30.4 Å². The number of ether oxygens (including phenoxy) is 3. The van der Waals surface area contributed by atoms with Gasteiger partial charge in [-0.3, -0.25) is 4.90 Å². The second-order valence-electron chi connectivity index (χ2n) is 8.08. The van der Waals surface area contributed by atoms with E-state index >= 15 is 0 Å². The Morgan fingerprint density at radius 2 is 1.53 bits per heavy atom. The van der Waals surface area contributed by atoms with Crippen molar-refractivity contribution >= 4 is 11.6 Å². The standard InChI is InChI=1S/C25H28F2N4O3/c1-32-21-12-22(33-2)24(27)20(23(21)26)16-34-19-13-28-25(29-14-19)30-18-8-6-17(7-9-18)15-31-10-4-3-5-11-31/h6-9,12-14H,3-5,10-11,15-16H2,1-2H3,(H,28,29,30). The summed E-state index contributed by atoms with van der Waals surface area (Å²) in [5.41, 5.74) is 1.83. The van der Waals surface area contributed by atoms with Gasteiger partial charge in [0.1, 0.15) is 6.61 Å². The lowest BCUT2D eigenvalue weighted by Gasteiger charge is -2.26. The zero-order chi connectivity index (χ0) is 23.9. The van der Waals surface area contributed by atoms with Gasteiger partial charge in [0.15, 0.2) is 28.9 Å². The largest absolute Gasteiger partial charge is 0.494 e. The van der Waals surface area contributed by atoms with E-state index in [0.29, 0.717) is 5.95 Å². The van der Waals surface area contributed by atoms with E-state index in [-0.39, 0.29) is 29.4 Å². The van der Waals surface area contributed by atoms with Crippen molar-refractivity contribution in [3.8, 4) is 17.2 Å². The predicted molar refractivity (Wildman–Crippen MR) is 125 cm³/mol. The molecular weight excluding hydrogens is 442 g/mol. The van der Waals surface area contributed by atoms with Gasteiger partial charge in [-0.25, -0.2) is 18.7 Å². The van der Waals surface area contributed by atoms with Crippen LogP contribution >= 0.6 is 0 Å². The van der Waals surface area contributed by atoms with Crippen LogP contribution < -0.4 is 19.5 Å². The maximum absolute atomic E-state index is 14.5. The van der Waals surface area contributed by atoms with Gasteiger partial charge in [-0.15, -0.1) is 0 Å². The lowest BCUT2D eigenvalue weighted by molar-refractivity contribution is 0.221. The van der Waals surface area contributed by atoms with Crippen molar-refractivity contribution in [2.75, 3.05) is 32.6 Å². The van der Waals surface area contributed by atoms with Crippen LogP contribution in [0.25, 0.3) is 0 Å². The van der Waals surface area contributed by atoms with Crippen molar-refractivity contribution < 1.29 is 23.0 Å². The first kappa shape index (κ1) is 23.7. The zero-order valence-corrected chi connectivity index (χ0v) is 19.3. The number of hydrogen-bond acceptors (Lipinski definition) is 7. The van der Waals surface area contributed by atoms with Gasteiger partial charge in [-0.05, 0) is 43.6 Å². The fourth-order valence-corrected chi connectivity index (χ4v) is 3.87. The van der Waals surface area contributed by atoms with Crippen LogP contribution in [0, 0.1) is 11.6 Å². The van der Waals surface area contributed by atoms with E-state index in [1.165, 1.54) is 51.4 Å². The molecule has 4 rings (SSSR count). The Hall–Kier alpha value is -3.46. The molecule has 180 valence electrons. The molecule has 2 aromatic carbocycles. The highest BCUT2D eigenvalue weighted by atomic mass is 19.1. The highest BCUT2D eigenvalue weighted by molar-refractivity contribution is 5.53. The smallest absolute Gasteiger partial charge is 0.227 e. The molecule has 34 heavy (non-hydrogen) atoms. The number of likely N-dealkylation sites (tertiary alicyclic amines) is 1. The van der Waals surface area contributed by atoms with Gasteiger partial charge in [0.05, 0.1) is 32.2 Å². The number of methoxy groups -OCH3 is 2. The van der Waals surface area contributed by atoms with Gasteiger partial charge < -0.3 is 19.5 Å². The number of hydrogen-bond donors (Lipinski definition) is 1. The van der Waals surface area contributed by atoms with Crippen molar-refractivity contribution in [3.05, 3.63) is 65.5 Å². The van der Waals surface area contributed by atoms with E-state index in [0.717, 1.165) is 31.4 Å². The molecule has 1 aliphatic rings. The summed E-state index contributed by atoms with van der Waals surface area (Å²) in [7, 11) is 2.59. The van der Waals surface area contributed by atoms with Crippen molar-refractivity contribution in [3.63, 3.8) is 0 Å². The Bertz CT molecular complexity index is 1060. The molecule has 0 aliphatic carbocycles. The molecule has 1 fully saturated rings. The highest BCUT2D eigenvalue weighted by Crippen LogP contribution is 2.32. The van der Waals surface area contributed by atoms with Crippen LogP contribution in [0.15, 0.2) is 42.7 Å². The van der Waals surface area contributed by atoms with Crippen LogP contribution in [0.3, 0.4) is 0 Å². The fourth-order valence-electron chi connectivity index (χ4n) is 3.87. The number of nitrogens with zero attached hydrogens (tertiary/aromatic N) is 3. The van der Waals surface area contributed by atoms with Gasteiger partial charge in [-0.1, -0.05) is 18.6 Å². The topological polar surface area (TPSA) is 68.7 Å². The molecular formula is C25H28F2N4O3. The summed E-state index contributed by atoms with van der Waals surface area (Å²) in [5.74, 6) is -1.30. The minimum Gasteiger partial charge on any atom is -0.494 e. The van der Waals surface area contributed by atoms with E-state index in [2.05, 4.69) is 32.3 Å². The molecule has 1 aromatic heterocycles. The van der Waals surface area contributed by atoms with E-state index in [4.69, 9.17) is 14.2 Å². The summed E-state index contributed by atoms with van der Waals surface area (Å²) < 4.78 is 44.3. The Morgan fingerprint density at radius 3 is 2.12 bits per heavy atom. The van der Waals surface area contributed by atoms with Crippen molar-refractivity contribution in [1.29, 1.82) is 0 Å². The molecule has 0 unspecified atom stereocenters. The van der Waals surface area contributed by atoms with E-state index in [1.807, 2.05) is 12.1 Å². The lowest BCUT2D eigenvalue weighted by atomic mass is 10.1. The molecule has 1 saturated heterocycles. The second-order valence-corrected chi connectivity index (χ2v) is 8.08. The third-order valence-corrected chi connectivity index (χ3v) is 5.74. The Labute approximate surface area is 197 Å². The highest BCUT2D eigenvalue weighted by Gasteiger charge is 2.20. The number of halogens is 2. The van der Waals surface area contributed by atoms with Gasteiger partial charge in [0, 0.05) is 18.3 Å². The maximum atomic E-state index is 14.5. The monoisotopic (exact) mass is 470 g/mol. The average Bonchev–Trinajstić information content (AvgIpc) is 2.87. The van der Waals surface area contributed by atoms with Crippen LogP contribution in [-0.4, -0.2) is 42.2 Å². The number of nitrogens with one attached hydrogen (secondary N) is 1. The first-order valence-electron chi connectivity index (χ1n) is 11.2. The van der Waals surface area contributed by atoms with Crippen LogP contribution in [0.4, 0.5) is 20.4 Å². The van der Waals surface area contributed by atoms with Crippen molar-refractivity contribution in [1.82, 2.24) is 14.9 Å². The third-order valence-electron chi connectivity index (χ3n) is 5.74. The fraction of sp³-hybridized carbons (Fsp3) is 0.360. The average molecular weight is 471 g/mol. The number of piperidine rings is 1. The normalized spacial score (nSPS) is 14.0. The molecule has 0 radical (unpaired) electrons. The molecule has 0 bridgehead atoms. The number of benzene rings is 2. The summed E-state index contributed by atoms with van der Waals surface area (Å²) >= 11 is 0. The first-order chi connectivity index (χ1) is 16.6. The molecule has 0 saturated carbocycles. The van der Waals surface area contributed by atoms with Crippen molar-refractivity contribution in [2.24, 2.45) is 0 Å². The second kappa shape index (κ2) is 11.1. The molecule has 7 nitrogen and oxygen atoms in total. The zero-order valence-electron chi connectivity index (χ0n) is 19.3. The Morgan fingerprint density at radius 1 is 0.912 bits per heavy atom. The molecule has 0 spiro atoms. The molecule has 9 heteroatoms. The quantitative estimate of drug-likeness (QED) is 0.468. The predicted octanol–water partition coefficient (Wildman–Crippen LogP) is 5.08. The first-order valence-corrected chi connectivity index (χ1v) is 11.2. The lowest BCUT2D eigenvalue weighted by Crippen LogP contribution is -2.29.